The first kappa shape index (κ1) is 26.1. The van der Waals surface area contributed by atoms with Crippen LogP contribution in [0.1, 0.15) is 29.5 Å². The molecule has 0 atom stereocenters. The van der Waals surface area contributed by atoms with E-state index in [1.54, 1.807) is 61.5 Å². The molecule has 0 spiro atoms. The van der Waals surface area contributed by atoms with Crippen LogP contribution >= 0.6 is 0 Å². The Morgan fingerprint density at radius 3 is 2.45 bits per heavy atom. The molecule has 2 heterocycles. The molecule has 0 saturated heterocycles. The summed E-state index contributed by atoms with van der Waals surface area (Å²) in [5.74, 6) is -0.986. The number of amides is 2. The Morgan fingerprint density at radius 1 is 0.921 bits per heavy atom. The summed E-state index contributed by atoms with van der Waals surface area (Å²) >= 11 is 0. The van der Waals surface area contributed by atoms with Crippen LogP contribution in [0.4, 0.5) is 5.69 Å². The minimum absolute atomic E-state index is 0.132. The van der Waals surface area contributed by atoms with Gasteiger partial charge in [-0.3, -0.25) is 23.5 Å². The van der Waals surface area contributed by atoms with Gasteiger partial charge in [0.15, 0.2) is 0 Å². The predicted molar refractivity (Wildman–Crippen MR) is 139 cm³/mol. The van der Waals surface area contributed by atoms with Crippen LogP contribution in [0.3, 0.4) is 0 Å². The van der Waals surface area contributed by atoms with Crippen molar-refractivity contribution < 1.29 is 23.5 Å². The van der Waals surface area contributed by atoms with Gasteiger partial charge in [-0.15, -0.1) is 0 Å². The third-order valence-electron chi connectivity index (χ3n) is 5.73. The van der Waals surface area contributed by atoms with Crippen LogP contribution in [0.5, 0.6) is 0 Å². The number of carbonyl (C=O) groups excluding carboxylic acids is 3. The maximum Gasteiger partial charge on any atom is 0.340 e. The van der Waals surface area contributed by atoms with E-state index in [-0.39, 0.29) is 54.2 Å². The molecule has 38 heavy (non-hydrogen) atoms. The van der Waals surface area contributed by atoms with Crippen LogP contribution in [0, 0.1) is 0 Å². The molecule has 0 aliphatic carbocycles. The van der Waals surface area contributed by atoms with E-state index >= 15 is 0 Å². The summed E-state index contributed by atoms with van der Waals surface area (Å²) in [7, 11) is 0. The van der Waals surface area contributed by atoms with Gasteiger partial charge in [-0.2, -0.15) is 0 Å². The molecule has 4 aromatic rings. The van der Waals surface area contributed by atoms with E-state index in [1.165, 1.54) is 16.9 Å². The molecule has 0 aliphatic heterocycles. The highest BCUT2D eigenvalue weighted by Gasteiger charge is 2.18. The van der Waals surface area contributed by atoms with Crippen molar-refractivity contribution in [1.82, 2.24) is 14.5 Å². The molecule has 11 heteroatoms. The first-order valence-corrected chi connectivity index (χ1v) is 12.0. The number of fused-ring (bicyclic) bond motifs is 1. The molecular weight excluding hydrogens is 492 g/mol. The van der Waals surface area contributed by atoms with E-state index in [9.17, 15) is 24.0 Å². The van der Waals surface area contributed by atoms with Crippen molar-refractivity contribution >= 4 is 34.4 Å². The Kier molecular flexibility index (Phi) is 8.17. The van der Waals surface area contributed by atoms with Crippen molar-refractivity contribution in [3.05, 3.63) is 99.1 Å². The maximum absolute atomic E-state index is 13.3. The molecular formula is C27H26N4O7. The summed E-state index contributed by atoms with van der Waals surface area (Å²) in [6.45, 7) is 1.41. The first-order valence-electron chi connectivity index (χ1n) is 12.0. The van der Waals surface area contributed by atoms with Gasteiger partial charge in [0.1, 0.15) is 12.3 Å². The Hall–Kier alpha value is -4.93. The van der Waals surface area contributed by atoms with Gasteiger partial charge < -0.3 is 19.8 Å². The van der Waals surface area contributed by atoms with Crippen LogP contribution in [-0.2, 0) is 34.0 Å². The topological polar surface area (TPSA) is 142 Å². The van der Waals surface area contributed by atoms with Crippen LogP contribution in [0.15, 0.2) is 80.9 Å². The number of hydrogen-bond donors (Lipinski definition) is 2. The molecule has 2 N–H and O–H groups in total. The van der Waals surface area contributed by atoms with E-state index < -0.39 is 29.7 Å². The molecule has 11 nitrogen and oxygen atoms in total. The first-order chi connectivity index (χ1) is 18.4. The number of furan rings is 1. The fourth-order valence-electron chi connectivity index (χ4n) is 3.93. The van der Waals surface area contributed by atoms with Gasteiger partial charge in [-0.1, -0.05) is 24.3 Å². The number of benzene rings is 2. The predicted octanol–water partition coefficient (Wildman–Crippen LogP) is 2.28. The zero-order chi connectivity index (χ0) is 27.1. The van der Waals surface area contributed by atoms with Crippen LogP contribution in [-0.4, -0.2) is 33.5 Å². The van der Waals surface area contributed by atoms with E-state index in [0.29, 0.717) is 5.76 Å². The van der Waals surface area contributed by atoms with Crippen molar-refractivity contribution in [3.8, 4) is 0 Å². The lowest BCUT2D eigenvalue weighted by Crippen LogP contribution is -2.42. The lowest BCUT2D eigenvalue weighted by molar-refractivity contribution is -0.121. The highest BCUT2D eigenvalue weighted by Crippen LogP contribution is 2.17. The highest BCUT2D eigenvalue weighted by molar-refractivity contribution is 6.01. The molecule has 2 amide bonds. The maximum atomic E-state index is 13.3. The molecule has 4 rings (SSSR count). The number of rotatable bonds is 10. The van der Waals surface area contributed by atoms with Gasteiger partial charge in [-0.05, 0) is 43.3 Å². The van der Waals surface area contributed by atoms with Gasteiger partial charge in [0.25, 0.3) is 5.56 Å². The van der Waals surface area contributed by atoms with Crippen molar-refractivity contribution in [2.24, 2.45) is 0 Å². The number of nitrogens with zero attached hydrogens (tertiary/aromatic N) is 2. The molecule has 0 saturated carbocycles. The summed E-state index contributed by atoms with van der Waals surface area (Å²) in [6.07, 6.45) is 1.36. The molecule has 0 fully saturated rings. The van der Waals surface area contributed by atoms with Crippen LogP contribution in [0.2, 0.25) is 0 Å². The molecule has 196 valence electrons. The number of nitrogens with one attached hydrogen (secondary N) is 2. The SMILES string of the molecule is CCOC(=O)c1ccccc1NC(=O)Cn1c(=O)n(CCC(=O)NCc2ccco2)c(=O)c2ccccc21. The average Bonchev–Trinajstić information content (AvgIpc) is 3.44. The molecule has 0 radical (unpaired) electrons. The second kappa shape index (κ2) is 11.9. The zero-order valence-corrected chi connectivity index (χ0v) is 20.6. The van der Waals surface area contributed by atoms with Gasteiger partial charge in [-0.25, -0.2) is 9.59 Å². The number of aromatic nitrogens is 2. The Bertz CT molecular complexity index is 1590. The number of hydrogen-bond acceptors (Lipinski definition) is 7. The third-order valence-corrected chi connectivity index (χ3v) is 5.73. The molecule has 0 bridgehead atoms. The summed E-state index contributed by atoms with van der Waals surface area (Å²) in [4.78, 5) is 64.0. The quantitative estimate of drug-likeness (QED) is 0.307. The number of esters is 1. The third kappa shape index (κ3) is 5.89. The minimum atomic E-state index is -0.735. The van der Waals surface area contributed by atoms with E-state index in [0.717, 1.165) is 4.57 Å². The van der Waals surface area contributed by atoms with Gasteiger partial charge in [0.2, 0.25) is 11.8 Å². The molecule has 0 aliphatic rings. The van der Waals surface area contributed by atoms with E-state index in [2.05, 4.69) is 10.6 Å². The summed E-state index contributed by atoms with van der Waals surface area (Å²) < 4.78 is 12.3. The zero-order valence-electron chi connectivity index (χ0n) is 20.6. The van der Waals surface area contributed by atoms with Gasteiger partial charge >= 0.3 is 11.7 Å². The minimum Gasteiger partial charge on any atom is -0.467 e. The Morgan fingerprint density at radius 2 is 1.68 bits per heavy atom. The summed E-state index contributed by atoms with van der Waals surface area (Å²) in [5, 5.41) is 5.54. The van der Waals surface area contributed by atoms with Crippen molar-refractivity contribution in [3.63, 3.8) is 0 Å². The second-order valence-electron chi connectivity index (χ2n) is 8.26. The molecule has 0 unspecified atom stereocenters. The smallest absolute Gasteiger partial charge is 0.340 e. The average molecular weight is 519 g/mol. The fourth-order valence-corrected chi connectivity index (χ4v) is 3.93. The monoisotopic (exact) mass is 518 g/mol. The van der Waals surface area contributed by atoms with Crippen molar-refractivity contribution in [2.45, 2.75) is 33.0 Å². The highest BCUT2D eigenvalue weighted by atomic mass is 16.5. The van der Waals surface area contributed by atoms with Gasteiger partial charge in [0, 0.05) is 13.0 Å². The molecule has 2 aromatic carbocycles. The Labute approximate surface area is 216 Å². The summed E-state index contributed by atoms with van der Waals surface area (Å²) in [5.41, 5.74) is -0.620. The Balaban J connectivity index is 1.57. The van der Waals surface area contributed by atoms with Crippen molar-refractivity contribution in [1.29, 1.82) is 0 Å². The number of anilines is 1. The normalized spacial score (nSPS) is 10.8. The van der Waals surface area contributed by atoms with Gasteiger partial charge in [0.05, 0.1) is 41.6 Å². The van der Waals surface area contributed by atoms with Crippen LogP contribution < -0.4 is 21.9 Å². The molecule has 2 aromatic heterocycles. The lowest BCUT2D eigenvalue weighted by atomic mass is 10.2. The fraction of sp³-hybridized carbons (Fsp3) is 0.222. The standard InChI is InChI=1S/C27H26N4O7/c1-2-37-26(35)19-9-3-5-11-21(19)29-24(33)17-31-22-12-6-4-10-20(22)25(34)30(27(31)36)14-13-23(32)28-16-18-8-7-15-38-18/h3-12,15H,2,13-14,16-17H2,1H3,(H,28,32)(H,29,33). The largest absolute Gasteiger partial charge is 0.467 e. The summed E-state index contributed by atoms with van der Waals surface area (Å²) in [6, 6.07) is 16.2. The lowest BCUT2D eigenvalue weighted by Gasteiger charge is -2.15. The van der Waals surface area contributed by atoms with E-state index in [1.807, 2.05) is 0 Å². The number of para-hydroxylation sites is 2. The number of carbonyl (C=O) groups is 3. The second-order valence-corrected chi connectivity index (χ2v) is 8.26. The van der Waals surface area contributed by atoms with E-state index in [4.69, 9.17) is 9.15 Å². The van der Waals surface area contributed by atoms with Crippen LogP contribution in [0.25, 0.3) is 10.9 Å². The van der Waals surface area contributed by atoms with Crippen molar-refractivity contribution in [2.75, 3.05) is 11.9 Å². The number of ether oxygens (including phenoxy) is 1.